The number of carboxylic acids is 1. The van der Waals surface area contributed by atoms with E-state index in [9.17, 15) is 22.8 Å². The number of nitrogens with one attached hydrogen (secondary N) is 2. The van der Waals surface area contributed by atoms with Crippen LogP contribution in [0.2, 0.25) is 0 Å². The number of anilines is 1. The fourth-order valence-electron chi connectivity index (χ4n) is 1.43. The molecule has 0 atom stereocenters. The van der Waals surface area contributed by atoms with Crippen LogP contribution in [0.3, 0.4) is 0 Å². The maximum atomic E-state index is 12.1. The summed E-state index contributed by atoms with van der Waals surface area (Å²) in [5.74, 6) is -3.64. The number of amides is 1. The molecule has 1 amide bonds. The number of benzene rings is 1. The molecule has 2 rings (SSSR count). The van der Waals surface area contributed by atoms with Crippen LogP contribution in [0, 0.1) is 0 Å². The molecule has 9 heteroatoms. The van der Waals surface area contributed by atoms with Gasteiger partial charge in [0.2, 0.25) is 0 Å². The van der Waals surface area contributed by atoms with Crippen LogP contribution < -0.4 is 5.32 Å². The van der Waals surface area contributed by atoms with E-state index >= 15 is 0 Å². The van der Waals surface area contributed by atoms with Crippen molar-refractivity contribution in [3.63, 3.8) is 0 Å². The number of alkyl halides is 3. The first-order valence-electron chi connectivity index (χ1n) is 4.88. The summed E-state index contributed by atoms with van der Waals surface area (Å²) in [6, 6.07) is 3.66. The van der Waals surface area contributed by atoms with Gasteiger partial charge in [0, 0.05) is 5.39 Å². The SMILES string of the molecule is O=C(O)c1ccc2c(NC(=O)C(F)(F)F)n[nH]c2c1. The van der Waals surface area contributed by atoms with Crippen LogP contribution >= 0.6 is 0 Å². The number of rotatable bonds is 2. The first kappa shape index (κ1) is 12.9. The third-order valence-corrected chi connectivity index (χ3v) is 2.30. The Labute approximate surface area is 103 Å². The Hall–Kier alpha value is -2.58. The van der Waals surface area contributed by atoms with E-state index in [-0.39, 0.29) is 22.3 Å². The van der Waals surface area contributed by atoms with Crippen molar-refractivity contribution in [2.75, 3.05) is 5.32 Å². The third-order valence-electron chi connectivity index (χ3n) is 2.30. The number of carbonyl (C=O) groups is 2. The van der Waals surface area contributed by atoms with Gasteiger partial charge in [-0.2, -0.15) is 18.3 Å². The van der Waals surface area contributed by atoms with Gasteiger partial charge in [0.05, 0.1) is 11.1 Å². The molecule has 0 aliphatic rings. The lowest BCUT2D eigenvalue weighted by Gasteiger charge is -2.05. The predicted molar refractivity (Wildman–Crippen MR) is 57.7 cm³/mol. The van der Waals surface area contributed by atoms with Crippen LogP contribution in [0.4, 0.5) is 19.0 Å². The summed E-state index contributed by atoms with van der Waals surface area (Å²) in [4.78, 5) is 21.5. The Morgan fingerprint density at radius 1 is 1.32 bits per heavy atom. The molecule has 1 aromatic heterocycles. The number of halogens is 3. The summed E-state index contributed by atoms with van der Waals surface area (Å²) in [7, 11) is 0. The molecule has 0 aliphatic heterocycles. The van der Waals surface area contributed by atoms with Crippen LogP contribution in [0.5, 0.6) is 0 Å². The molecular formula is C10H6F3N3O3. The smallest absolute Gasteiger partial charge is 0.471 e. The standard InChI is InChI=1S/C10H6F3N3O3/c11-10(12,13)9(19)14-7-5-2-1-4(8(17)18)3-6(5)15-16-7/h1-3H,(H,17,18)(H2,14,15,16,19). The molecule has 0 saturated carbocycles. The van der Waals surface area contributed by atoms with Crippen molar-refractivity contribution >= 4 is 28.6 Å². The number of aromatic nitrogens is 2. The summed E-state index contributed by atoms with van der Waals surface area (Å²) in [5.41, 5.74) is 0.155. The normalized spacial score (nSPS) is 11.5. The van der Waals surface area contributed by atoms with Crippen molar-refractivity contribution in [1.82, 2.24) is 10.2 Å². The minimum atomic E-state index is -5.02. The van der Waals surface area contributed by atoms with Crippen LogP contribution in [0.25, 0.3) is 10.9 Å². The van der Waals surface area contributed by atoms with Gasteiger partial charge < -0.3 is 10.4 Å². The van der Waals surface area contributed by atoms with E-state index in [0.717, 1.165) is 0 Å². The van der Waals surface area contributed by atoms with E-state index < -0.39 is 18.1 Å². The highest BCUT2D eigenvalue weighted by molar-refractivity contribution is 6.03. The van der Waals surface area contributed by atoms with Crippen molar-refractivity contribution in [3.8, 4) is 0 Å². The van der Waals surface area contributed by atoms with E-state index in [0.29, 0.717) is 0 Å². The summed E-state index contributed by atoms with van der Waals surface area (Å²) in [5, 5.41) is 16.4. The number of nitrogens with zero attached hydrogens (tertiary/aromatic N) is 1. The molecule has 0 aliphatic carbocycles. The lowest BCUT2D eigenvalue weighted by Crippen LogP contribution is -2.30. The Bertz CT molecular complexity index is 663. The van der Waals surface area contributed by atoms with E-state index in [1.54, 1.807) is 5.32 Å². The highest BCUT2D eigenvalue weighted by Crippen LogP contribution is 2.24. The van der Waals surface area contributed by atoms with Crippen molar-refractivity contribution in [2.24, 2.45) is 0 Å². The zero-order chi connectivity index (χ0) is 14.2. The molecule has 0 saturated heterocycles. The summed E-state index contributed by atoms with van der Waals surface area (Å²) >= 11 is 0. The van der Waals surface area contributed by atoms with Gasteiger partial charge >= 0.3 is 18.1 Å². The fraction of sp³-hybridized carbons (Fsp3) is 0.100. The molecule has 1 heterocycles. The maximum absolute atomic E-state index is 12.1. The fourth-order valence-corrected chi connectivity index (χ4v) is 1.43. The Balaban J connectivity index is 2.36. The number of hydrogen-bond acceptors (Lipinski definition) is 3. The lowest BCUT2D eigenvalue weighted by molar-refractivity contribution is -0.167. The second-order valence-corrected chi connectivity index (χ2v) is 3.59. The molecule has 100 valence electrons. The molecule has 3 N–H and O–H groups in total. The molecule has 6 nitrogen and oxygen atoms in total. The monoisotopic (exact) mass is 273 g/mol. The number of aromatic carboxylic acids is 1. The first-order valence-corrected chi connectivity index (χ1v) is 4.88. The van der Waals surface area contributed by atoms with Crippen LogP contribution in [-0.2, 0) is 4.79 Å². The Morgan fingerprint density at radius 2 is 2.00 bits per heavy atom. The number of H-pyrrole nitrogens is 1. The molecule has 0 radical (unpaired) electrons. The van der Waals surface area contributed by atoms with Gasteiger partial charge in [0.1, 0.15) is 0 Å². The van der Waals surface area contributed by atoms with Gasteiger partial charge in [-0.15, -0.1) is 0 Å². The Morgan fingerprint density at radius 3 is 2.58 bits per heavy atom. The molecule has 0 unspecified atom stereocenters. The number of aromatic amines is 1. The molecule has 0 fully saturated rings. The van der Waals surface area contributed by atoms with E-state index in [1.165, 1.54) is 18.2 Å². The van der Waals surface area contributed by atoms with Crippen LogP contribution in [-0.4, -0.2) is 33.4 Å². The highest BCUT2D eigenvalue weighted by atomic mass is 19.4. The van der Waals surface area contributed by atoms with Gasteiger partial charge in [-0.1, -0.05) is 0 Å². The summed E-state index contributed by atoms with van der Waals surface area (Å²) in [6.07, 6.45) is -5.02. The van der Waals surface area contributed by atoms with Crippen LogP contribution in [0.15, 0.2) is 18.2 Å². The third kappa shape index (κ3) is 2.49. The second kappa shape index (κ2) is 4.26. The van der Waals surface area contributed by atoms with E-state index in [2.05, 4.69) is 10.2 Å². The molecular weight excluding hydrogens is 267 g/mol. The van der Waals surface area contributed by atoms with Crippen molar-refractivity contribution in [3.05, 3.63) is 23.8 Å². The van der Waals surface area contributed by atoms with Crippen LogP contribution in [0.1, 0.15) is 10.4 Å². The highest BCUT2D eigenvalue weighted by Gasteiger charge is 2.39. The molecule has 0 bridgehead atoms. The molecule has 2 aromatic rings. The number of fused-ring (bicyclic) bond motifs is 1. The topological polar surface area (TPSA) is 95.1 Å². The minimum Gasteiger partial charge on any atom is -0.478 e. The van der Waals surface area contributed by atoms with Gasteiger partial charge in [0.15, 0.2) is 5.82 Å². The Kier molecular flexibility index (Phi) is 2.89. The van der Waals surface area contributed by atoms with E-state index in [1.807, 2.05) is 0 Å². The zero-order valence-corrected chi connectivity index (χ0v) is 9.08. The van der Waals surface area contributed by atoms with Gasteiger partial charge in [-0.3, -0.25) is 9.89 Å². The average Bonchev–Trinajstić information content (AvgIpc) is 2.70. The first-order chi connectivity index (χ1) is 8.79. The number of carboxylic acid groups (broad SMARTS) is 1. The van der Waals surface area contributed by atoms with E-state index in [4.69, 9.17) is 5.11 Å². The average molecular weight is 273 g/mol. The minimum absolute atomic E-state index is 0.0511. The largest absolute Gasteiger partial charge is 0.478 e. The van der Waals surface area contributed by atoms with Gasteiger partial charge in [-0.25, -0.2) is 4.79 Å². The summed E-state index contributed by atoms with van der Waals surface area (Å²) in [6.45, 7) is 0. The molecule has 1 aromatic carbocycles. The summed E-state index contributed by atoms with van der Waals surface area (Å²) < 4.78 is 36.3. The number of carbonyl (C=O) groups excluding carboxylic acids is 1. The van der Waals surface area contributed by atoms with Crippen molar-refractivity contribution in [2.45, 2.75) is 6.18 Å². The number of hydrogen-bond donors (Lipinski definition) is 3. The second-order valence-electron chi connectivity index (χ2n) is 3.59. The molecule has 19 heavy (non-hydrogen) atoms. The van der Waals surface area contributed by atoms with Gasteiger partial charge in [-0.05, 0) is 18.2 Å². The maximum Gasteiger partial charge on any atom is 0.471 e. The predicted octanol–water partition coefficient (Wildman–Crippen LogP) is 1.76. The zero-order valence-electron chi connectivity index (χ0n) is 9.08. The van der Waals surface area contributed by atoms with Crippen molar-refractivity contribution < 1.29 is 27.9 Å². The lowest BCUT2D eigenvalue weighted by atomic mass is 10.1. The quantitative estimate of drug-likeness (QED) is 0.777. The molecule has 0 spiro atoms. The van der Waals surface area contributed by atoms with Gasteiger partial charge in [0.25, 0.3) is 0 Å². The van der Waals surface area contributed by atoms with Crippen molar-refractivity contribution in [1.29, 1.82) is 0 Å².